The van der Waals surface area contributed by atoms with Gasteiger partial charge in [-0.2, -0.15) is 0 Å². The molecule has 0 unspecified atom stereocenters. The fraction of sp³-hybridized carbons (Fsp3) is 0.579. The van der Waals surface area contributed by atoms with Crippen LogP contribution in [0.25, 0.3) is 0 Å². The van der Waals surface area contributed by atoms with Crippen LogP contribution < -0.4 is 15.0 Å². The molecular formula is C19H27N3O3. The van der Waals surface area contributed by atoms with E-state index in [1.54, 1.807) is 0 Å². The third kappa shape index (κ3) is 4.24. The topological polar surface area (TPSA) is 61.9 Å². The van der Waals surface area contributed by atoms with Crippen LogP contribution in [-0.4, -0.2) is 55.0 Å². The molecule has 0 saturated carbocycles. The van der Waals surface area contributed by atoms with Crippen LogP contribution >= 0.6 is 0 Å². The maximum Gasteiger partial charge on any atom is 0.242 e. The van der Waals surface area contributed by atoms with Crippen LogP contribution in [0.1, 0.15) is 32.3 Å². The largest absolute Gasteiger partial charge is 0.487 e. The van der Waals surface area contributed by atoms with Crippen LogP contribution in [0.4, 0.5) is 5.69 Å². The van der Waals surface area contributed by atoms with Gasteiger partial charge in [-0.25, -0.2) is 0 Å². The number of aryl methyl sites for hydroxylation is 1. The molecule has 1 N–H and O–H groups in total. The second-order valence-electron chi connectivity index (χ2n) is 7.16. The van der Waals surface area contributed by atoms with Gasteiger partial charge >= 0.3 is 0 Å². The molecule has 136 valence electrons. The minimum Gasteiger partial charge on any atom is -0.487 e. The molecule has 2 atom stereocenters. The molecule has 25 heavy (non-hydrogen) atoms. The van der Waals surface area contributed by atoms with Gasteiger partial charge in [0.25, 0.3) is 0 Å². The van der Waals surface area contributed by atoms with Gasteiger partial charge < -0.3 is 19.9 Å². The number of hydrogen-bond donors (Lipinski definition) is 1. The molecule has 1 aromatic rings. The SMILES string of the molecule is CC(=O)N[C@H]1CCCN(C(=O)CN2C[C@@H](C)Oc3ccc(C)cc32)C1. The van der Waals surface area contributed by atoms with Crippen molar-refractivity contribution in [2.45, 2.75) is 45.8 Å². The molecule has 1 saturated heterocycles. The van der Waals surface area contributed by atoms with Crippen LogP contribution in [0.15, 0.2) is 18.2 Å². The average Bonchev–Trinajstić information content (AvgIpc) is 2.55. The number of benzene rings is 1. The minimum absolute atomic E-state index is 0.0364. The van der Waals surface area contributed by atoms with Gasteiger partial charge in [0, 0.05) is 26.1 Å². The number of ether oxygens (including phenoxy) is 1. The Labute approximate surface area is 149 Å². The van der Waals surface area contributed by atoms with E-state index in [0.717, 1.165) is 36.4 Å². The van der Waals surface area contributed by atoms with E-state index in [4.69, 9.17) is 4.74 Å². The normalized spacial score (nSPS) is 22.8. The lowest BCUT2D eigenvalue weighted by molar-refractivity contribution is -0.132. The number of likely N-dealkylation sites (tertiary alicyclic amines) is 1. The van der Waals surface area contributed by atoms with Gasteiger partial charge in [0.2, 0.25) is 11.8 Å². The fourth-order valence-electron chi connectivity index (χ4n) is 3.66. The number of carbonyl (C=O) groups is 2. The summed E-state index contributed by atoms with van der Waals surface area (Å²) in [6.45, 7) is 7.99. The number of fused-ring (bicyclic) bond motifs is 1. The van der Waals surface area contributed by atoms with Gasteiger partial charge in [-0.1, -0.05) is 6.07 Å². The Balaban J connectivity index is 1.68. The smallest absolute Gasteiger partial charge is 0.242 e. The lowest BCUT2D eigenvalue weighted by Crippen LogP contribution is -2.52. The minimum atomic E-state index is -0.0364. The van der Waals surface area contributed by atoms with Crippen molar-refractivity contribution in [1.29, 1.82) is 0 Å². The molecule has 2 aliphatic rings. The van der Waals surface area contributed by atoms with Crippen LogP contribution in [0.2, 0.25) is 0 Å². The van der Waals surface area contributed by atoms with Crippen molar-refractivity contribution in [3.8, 4) is 5.75 Å². The number of nitrogens with zero attached hydrogens (tertiary/aromatic N) is 2. The summed E-state index contributed by atoms with van der Waals surface area (Å²) < 4.78 is 5.89. The van der Waals surface area contributed by atoms with Crippen molar-refractivity contribution in [3.63, 3.8) is 0 Å². The molecule has 0 spiro atoms. The highest BCUT2D eigenvalue weighted by Crippen LogP contribution is 2.34. The number of amides is 2. The van der Waals surface area contributed by atoms with Gasteiger partial charge in [-0.05, 0) is 44.4 Å². The first-order valence-electron chi connectivity index (χ1n) is 8.99. The van der Waals surface area contributed by atoms with E-state index in [2.05, 4.69) is 16.3 Å². The first-order chi connectivity index (χ1) is 11.9. The summed E-state index contributed by atoms with van der Waals surface area (Å²) in [5, 5.41) is 2.93. The first-order valence-corrected chi connectivity index (χ1v) is 8.99. The van der Waals surface area contributed by atoms with Crippen molar-refractivity contribution in [1.82, 2.24) is 10.2 Å². The monoisotopic (exact) mass is 345 g/mol. The van der Waals surface area contributed by atoms with Crippen LogP contribution in [0.5, 0.6) is 5.75 Å². The summed E-state index contributed by atoms with van der Waals surface area (Å²) in [5.41, 5.74) is 2.14. The summed E-state index contributed by atoms with van der Waals surface area (Å²) in [5.74, 6) is 0.911. The second-order valence-corrected chi connectivity index (χ2v) is 7.16. The highest BCUT2D eigenvalue weighted by Gasteiger charge is 2.29. The molecule has 6 heteroatoms. The molecule has 1 aromatic carbocycles. The molecule has 3 rings (SSSR count). The number of anilines is 1. The maximum atomic E-state index is 12.8. The van der Waals surface area contributed by atoms with Gasteiger partial charge in [-0.15, -0.1) is 0 Å². The van der Waals surface area contributed by atoms with Crippen molar-refractivity contribution >= 4 is 17.5 Å². The molecule has 1 fully saturated rings. The van der Waals surface area contributed by atoms with Gasteiger partial charge in [0.05, 0.1) is 18.8 Å². The molecule has 0 radical (unpaired) electrons. The summed E-state index contributed by atoms with van der Waals surface area (Å²) in [7, 11) is 0. The zero-order chi connectivity index (χ0) is 18.0. The Kier molecular flexibility index (Phi) is 5.16. The third-order valence-corrected chi connectivity index (χ3v) is 4.77. The predicted molar refractivity (Wildman–Crippen MR) is 96.9 cm³/mol. The van der Waals surface area contributed by atoms with Crippen LogP contribution in [0.3, 0.4) is 0 Å². The van der Waals surface area contributed by atoms with Gasteiger partial charge in [-0.3, -0.25) is 9.59 Å². The van der Waals surface area contributed by atoms with E-state index >= 15 is 0 Å². The van der Waals surface area contributed by atoms with E-state index in [0.29, 0.717) is 19.6 Å². The van der Waals surface area contributed by atoms with Crippen molar-refractivity contribution < 1.29 is 14.3 Å². The molecule has 6 nitrogen and oxygen atoms in total. The first kappa shape index (κ1) is 17.6. The van der Waals surface area contributed by atoms with E-state index in [-0.39, 0.29) is 24.0 Å². The molecule has 2 heterocycles. The lowest BCUT2D eigenvalue weighted by atomic mass is 10.1. The van der Waals surface area contributed by atoms with Crippen LogP contribution in [-0.2, 0) is 9.59 Å². The van der Waals surface area contributed by atoms with Gasteiger partial charge in [0.15, 0.2) is 0 Å². The quantitative estimate of drug-likeness (QED) is 0.906. The molecular weight excluding hydrogens is 318 g/mol. The Morgan fingerprint density at radius 3 is 2.88 bits per heavy atom. The average molecular weight is 345 g/mol. The highest BCUT2D eigenvalue weighted by atomic mass is 16.5. The fourth-order valence-corrected chi connectivity index (χ4v) is 3.66. The second kappa shape index (κ2) is 7.33. The van der Waals surface area contributed by atoms with Crippen molar-refractivity contribution in [3.05, 3.63) is 23.8 Å². The maximum absolute atomic E-state index is 12.8. The zero-order valence-corrected chi connectivity index (χ0v) is 15.2. The highest BCUT2D eigenvalue weighted by molar-refractivity contribution is 5.83. The van der Waals surface area contributed by atoms with Crippen molar-refractivity contribution in [2.75, 3.05) is 31.1 Å². The molecule has 0 aromatic heterocycles. The Morgan fingerprint density at radius 2 is 2.12 bits per heavy atom. The number of hydrogen-bond acceptors (Lipinski definition) is 4. The Morgan fingerprint density at radius 1 is 1.32 bits per heavy atom. The predicted octanol–water partition coefficient (Wildman–Crippen LogP) is 1.71. The standard InChI is InChI=1S/C19H27N3O3/c1-13-6-7-18-17(9-13)22(10-14(2)25-18)12-19(24)21-8-4-5-16(11-21)20-15(3)23/h6-7,9,14,16H,4-5,8,10-12H2,1-3H3,(H,20,23)/t14-,16+/m1/s1. The van der Waals surface area contributed by atoms with E-state index < -0.39 is 0 Å². The third-order valence-electron chi connectivity index (χ3n) is 4.77. The Bertz CT molecular complexity index is 661. The number of rotatable bonds is 3. The summed E-state index contributed by atoms with van der Waals surface area (Å²) in [6.07, 6.45) is 1.91. The van der Waals surface area contributed by atoms with E-state index in [9.17, 15) is 9.59 Å². The summed E-state index contributed by atoms with van der Waals surface area (Å²) in [4.78, 5) is 28.1. The number of piperidine rings is 1. The number of nitrogens with one attached hydrogen (secondary N) is 1. The zero-order valence-electron chi connectivity index (χ0n) is 15.2. The molecule has 0 aliphatic carbocycles. The van der Waals surface area contributed by atoms with Crippen molar-refractivity contribution in [2.24, 2.45) is 0 Å². The molecule has 0 bridgehead atoms. The lowest BCUT2D eigenvalue weighted by Gasteiger charge is -2.38. The van der Waals surface area contributed by atoms with Crippen LogP contribution in [0, 0.1) is 6.92 Å². The van der Waals surface area contributed by atoms with E-state index in [1.807, 2.05) is 30.9 Å². The number of carbonyl (C=O) groups excluding carboxylic acids is 2. The summed E-state index contributed by atoms with van der Waals surface area (Å²) in [6, 6.07) is 6.14. The van der Waals surface area contributed by atoms with E-state index in [1.165, 1.54) is 6.92 Å². The molecule has 2 amide bonds. The summed E-state index contributed by atoms with van der Waals surface area (Å²) >= 11 is 0. The Hall–Kier alpha value is -2.24. The molecule has 2 aliphatic heterocycles. The van der Waals surface area contributed by atoms with Gasteiger partial charge in [0.1, 0.15) is 11.9 Å².